The molecule has 0 aliphatic carbocycles. The number of nitrogens with two attached hydrogens (primary N) is 1. The van der Waals surface area contributed by atoms with E-state index in [1.165, 1.54) is 16.5 Å². The summed E-state index contributed by atoms with van der Waals surface area (Å²) in [5.41, 5.74) is 8.38. The van der Waals surface area contributed by atoms with Gasteiger partial charge in [-0.05, 0) is 24.1 Å². The average molecular weight is 302 g/mol. The van der Waals surface area contributed by atoms with Crippen LogP contribution in [0.1, 0.15) is 5.56 Å². The van der Waals surface area contributed by atoms with Crippen LogP contribution in [0.5, 0.6) is 5.75 Å². The quantitative estimate of drug-likeness (QED) is 0.838. The van der Waals surface area contributed by atoms with Crippen molar-refractivity contribution in [2.45, 2.75) is 13.0 Å². The fourth-order valence-electron chi connectivity index (χ4n) is 3.21. The van der Waals surface area contributed by atoms with Crippen LogP contribution in [-0.2, 0) is 13.0 Å². The maximum atomic E-state index is 5.75. The van der Waals surface area contributed by atoms with Gasteiger partial charge in [0.25, 0.3) is 0 Å². The number of methoxy groups -OCH3 is 1. The molecule has 0 atom stereocenters. The lowest BCUT2D eigenvalue weighted by Crippen LogP contribution is -2.44. The topological polar surface area (TPSA) is 55.5 Å². The highest BCUT2D eigenvalue weighted by molar-refractivity contribution is 5.85. The number of benzene rings is 1. The highest BCUT2D eigenvalue weighted by Crippen LogP contribution is 2.26. The number of aromatic nitrogens is 1. The average Bonchev–Trinajstić information content (AvgIpc) is 2.91. The number of rotatable bonds is 6. The Labute approximate surface area is 132 Å². The van der Waals surface area contributed by atoms with E-state index in [4.69, 9.17) is 10.5 Å². The molecule has 1 aromatic carbocycles. The van der Waals surface area contributed by atoms with E-state index in [9.17, 15) is 0 Å². The summed E-state index contributed by atoms with van der Waals surface area (Å²) >= 11 is 0. The molecule has 5 nitrogen and oxygen atoms in total. The van der Waals surface area contributed by atoms with Crippen molar-refractivity contribution in [3.8, 4) is 5.75 Å². The zero-order chi connectivity index (χ0) is 15.4. The summed E-state index contributed by atoms with van der Waals surface area (Å²) in [5.74, 6) is 0.900. The summed E-state index contributed by atoms with van der Waals surface area (Å²) in [6.45, 7) is 7.12. The Balaban J connectivity index is 1.81. The molecule has 1 aliphatic heterocycles. The molecule has 120 valence electrons. The van der Waals surface area contributed by atoms with Crippen LogP contribution in [-0.4, -0.2) is 55.8 Å². The Hall–Kier alpha value is -1.56. The van der Waals surface area contributed by atoms with Gasteiger partial charge < -0.3 is 25.3 Å². The zero-order valence-electron chi connectivity index (χ0n) is 13.3. The van der Waals surface area contributed by atoms with Gasteiger partial charge in [0, 0.05) is 63.5 Å². The van der Waals surface area contributed by atoms with Gasteiger partial charge in [-0.15, -0.1) is 0 Å². The molecule has 1 aliphatic rings. The second-order valence-electron chi connectivity index (χ2n) is 5.86. The molecular weight excluding hydrogens is 276 g/mol. The van der Waals surface area contributed by atoms with E-state index in [1.807, 2.05) is 6.07 Å². The molecule has 0 bridgehead atoms. The van der Waals surface area contributed by atoms with Gasteiger partial charge >= 0.3 is 0 Å². The van der Waals surface area contributed by atoms with Gasteiger partial charge in [0.15, 0.2) is 0 Å². The minimum atomic E-state index is 0.651. The SMILES string of the molecule is COc1ccc2c(CCN3CCNCC3)cn(CCN)c2c1. The molecule has 1 aromatic heterocycles. The summed E-state index contributed by atoms with van der Waals surface area (Å²) in [5, 5.41) is 4.73. The highest BCUT2D eigenvalue weighted by atomic mass is 16.5. The molecule has 5 heteroatoms. The third-order valence-electron chi connectivity index (χ3n) is 4.45. The van der Waals surface area contributed by atoms with Crippen molar-refractivity contribution in [1.29, 1.82) is 0 Å². The predicted octanol–water partition coefficient (Wildman–Crippen LogP) is 1.06. The van der Waals surface area contributed by atoms with E-state index in [1.54, 1.807) is 7.11 Å². The van der Waals surface area contributed by atoms with Gasteiger partial charge in [-0.2, -0.15) is 0 Å². The number of hydrogen-bond donors (Lipinski definition) is 2. The molecule has 22 heavy (non-hydrogen) atoms. The first-order valence-corrected chi connectivity index (χ1v) is 8.10. The Morgan fingerprint density at radius 2 is 2.05 bits per heavy atom. The molecule has 0 radical (unpaired) electrons. The van der Waals surface area contributed by atoms with Gasteiger partial charge in [0.2, 0.25) is 0 Å². The Kier molecular flexibility index (Phi) is 4.97. The maximum absolute atomic E-state index is 5.75. The van der Waals surface area contributed by atoms with Gasteiger partial charge in [-0.1, -0.05) is 0 Å². The molecule has 2 heterocycles. The van der Waals surface area contributed by atoms with Crippen LogP contribution in [0.2, 0.25) is 0 Å². The third-order valence-corrected chi connectivity index (χ3v) is 4.45. The summed E-state index contributed by atoms with van der Waals surface area (Å²) in [6.07, 6.45) is 3.35. The predicted molar refractivity (Wildman–Crippen MR) is 90.6 cm³/mol. The Bertz CT molecular complexity index is 616. The molecule has 0 amide bonds. The second kappa shape index (κ2) is 7.13. The van der Waals surface area contributed by atoms with Crippen LogP contribution >= 0.6 is 0 Å². The third kappa shape index (κ3) is 3.27. The van der Waals surface area contributed by atoms with E-state index in [0.29, 0.717) is 6.54 Å². The van der Waals surface area contributed by atoms with Crippen molar-refractivity contribution in [2.24, 2.45) is 5.73 Å². The van der Waals surface area contributed by atoms with E-state index in [-0.39, 0.29) is 0 Å². The smallest absolute Gasteiger partial charge is 0.120 e. The lowest BCUT2D eigenvalue weighted by Gasteiger charge is -2.26. The summed E-state index contributed by atoms with van der Waals surface area (Å²) in [4.78, 5) is 2.53. The molecule has 0 saturated carbocycles. The molecule has 0 unspecified atom stereocenters. The number of nitrogens with one attached hydrogen (secondary N) is 1. The van der Waals surface area contributed by atoms with Crippen LogP contribution in [0.15, 0.2) is 24.4 Å². The molecule has 0 spiro atoms. The lowest BCUT2D eigenvalue weighted by atomic mass is 10.1. The normalized spacial score (nSPS) is 16.3. The van der Waals surface area contributed by atoms with Crippen LogP contribution in [0.25, 0.3) is 10.9 Å². The first-order valence-electron chi connectivity index (χ1n) is 8.10. The first kappa shape index (κ1) is 15.3. The van der Waals surface area contributed by atoms with Crippen molar-refractivity contribution >= 4 is 10.9 Å². The summed E-state index contributed by atoms with van der Waals surface area (Å²) < 4.78 is 7.61. The van der Waals surface area contributed by atoms with Crippen molar-refractivity contribution < 1.29 is 4.74 Å². The molecule has 1 fully saturated rings. The van der Waals surface area contributed by atoms with Crippen LogP contribution in [0.4, 0.5) is 0 Å². The van der Waals surface area contributed by atoms with Crippen LogP contribution < -0.4 is 15.8 Å². The molecular formula is C17H26N4O. The van der Waals surface area contributed by atoms with E-state index >= 15 is 0 Å². The standard InChI is InChI=1S/C17H26N4O/c1-22-15-2-3-16-14(4-8-20-10-6-19-7-11-20)13-21(9-5-18)17(16)12-15/h2-3,12-13,19H,4-11,18H2,1H3. The summed E-state index contributed by atoms with van der Waals surface area (Å²) in [6, 6.07) is 6.33. The molecule has 3 rings (SSSR count). The highest BCUT2D eigenvalue weighted by Gasteiger charge is 2.13. The first-order chi connectivity index (χ1) is 10.8. The maximum Gasteiger partial charge on any atom is 0.120 e. The van der Waals surface area contributed by atoms with Gasteiger partial charge in [-0.3, -0.25) is 0 Å². The minimum Gasteiger partial charge on any atom is -0.497 e. The number of ether oxygens (including phenoxy) is 1. The van der Waals surface area contributed by atoms with E-state index < -0.39 is 0 Å². The lowest BCUT2D eigenvalue weighted by molar-refractivity contribution is 0.244. The fraction of sp³-hybridized carbons (Fsp3) is 0.529. The Morgan fingerprint density at radius 3 is 2.77 bits per heavy atom. The van der Waals surface area contributed by atoms with Crippen LogP contribution in [0, 0.1) is 0 Å². The van der Waals surface area contributed by atoms with Gasteiger partial charge in [0.1, 0.15) is 5.75 Å². The van der Waals surface area contributed by atoms with Crippen LogP contribution in [0.3, 0.4) is 0 Å². The number of fused-ring (bicyclic) bond motifs is 1. The zero-order valence-corrected chi connectivity index (χ0v) is 13.3. The van der Waals surface area contributed by atoms with Crippen molar-refractivity contribution in [3.05, 3.63) is 30.0 Å². The Morgan fingerprint density at radius 1 is 1.23 bits per heavy atom. The molecule has 3 N–H and O–H groups in total. The minimum absolute atomic E-state index is 0.651. The second-order valence-corrected chi connectivity index (χ2v) is 5.86. The fourth-order valence-corrected chi connectivity index (χ4v) is 3.21. The van der Waals surface area contributed by atoms with Crippen molar-refractivity contribution in [2.75, 3.05) is 46.4 Å². The monoisotopic (exact) mass is 302 g/mol. The molecule has 1 saturated heterocycles. The van der Waals surface area contributed by atoms with E-state index in [0.717, 1.165) is 51.4 Å². The van der Waals surface area contributed by atoms with Crippen molar-refractivity contribution in [1.82, 2.24) is 14.8 Å². The van der Waals surface area contributed by atoms with Crippen molar-refractivity contribution in [3.63, 3.8) is 0 Å². The van der Waals surface area contributed by atoms with Gasteiger partial charge in [0.05, 0.1) is 12.6 Å². The number of nitrogens with zero attached hydrogens (tertiary/aromatic N) is 2. The number of hydrogen-bond acceptors (Lipinski definition) is 4. The van der Waals surface area contributed by atoms with Gasteiger partial charge in [-0.25, -0.2) is 0 Å². The largest absolute Gasteiger partial charge is 0.497 e. The molecule has 2 aromatic rings. The number of piperazine rings is 1. The summed E-state index contributed by atoms with van der Waals surface area (Å²) in [7, 11) is 1.71. The van der Waals surface area contributed by atoms with E-state index in [2.05, 4.69) is 33.1 Å².